The van der Waals surface area contributed by atoms with Crippen LogP contribution in [0.5, 0.6) is 0 Å². The zero-order valence-electron chi connectivity index (χ0n) is 11.6. The van der Waals surface area contributed by atoms with Crippen molar-refractivity contribution in [3.63, 3.8) is 0 Å². The second-order valence-corrected chi connectivity index (χ2v) is 5.36. The smallest absolute Gasteiger partial charge is 0.328 e. The van der Waals surface area contributed by atoms with E-state index in [-0.39, 0.29) is 17.7 Å². The fraction of sp³-hybridized carbons (Fsp3) is 0.467. The number of amides is 1. The molecular weight excluding hydrogens is 278 g/mol. The van der Waals surface area contributed by atoms with Crippen LogP contribution in [0.3, 0.4) is 0 Å². The molecule has 108 valence electrons. The van der Waals surface area contributed by atoms with E-state index in [0.717, 1.165) is 12.0 Å². The number of hydrogen-bond acceptors (Lipinski definition) is 3. The SMILES string of the molecule is CCOC(=O)C(C)NC(=O)C1CC1c1ccccc1Cl. The maximum Gasteiger partial charge on any atom is 0.328 e. The first-order valence-corrected chi connectivity index (χ1v) is 7.13. The molecule has 0 aliphatic heterocycles. The molecule has 3 unspecified atom stereocenters. The van der Waals surface area contributed by atoms with Crippen molar-refractivity contribution in [2.75, 3.05) is 6.61 Å². The van der Waals surface area contributed by atoms with E-state index in [1.54, 1.807) is 13.8 Å². The van der Waals surface area contributed by atoms with E-state index in [0.29, 0.717) is 11.6 Å². The summed E-state index contributed by atoms with van der Waals surface area (Å²) >= 11 is 6.12. The van der Waals surface area contributed by atoms with Gasteiger partial charge in [-0.3, -0.25) is 4.79 Å². The Bertz CT molecular complexity index is 518. The molecule has 0 spiro atoms. The van der Waals surface area contributed by atoms with E-state index in [2.05, 4.69) is 5.32 Å². The zero-order chi connectivity index (χ0) is 14.7. The molecule has 0 radical (unpaired) electrons. The van der Waals surface area contributed by atoms with Crippen molar-refractivity contribution in [3.8, 4) is 0 Å². The van der Waals surface area contributed by atoms with Crippen LogP contribution in [-0.2, 0) is 14.3 Å². The molecule has 3 atom stereocenters. The third-order valence-electron chi connectivity index (χ3n) is 3.43. The van der Waals surface area contributed by atoms with Gasteiger partial charge in [0, 0.05) is 10.9 Å². The molecule has 0 saturated heterocycles. The van der Waals surface area contributed by atoms with Gasteiger partial charge in [-0.25, -0.2) is 4.79 Å². The second-order valence-electron chi connectivity index (χ2n) is 4.95. The summed E-state index contributed by atoms with van der Waals surface area (Å²) in [6.45, 7) is 3.67. The van der Waals surface area contributed by atoms with Crippen molar-refractivity contribution in [1.82, 2.24) is 5.32 Å². The molecule has 1 fully saturated rings. The van der Waals surface area contributed by atoms with Crippen molar-refractivity contribution >= 4 is 23.5 Å². The first-order chi connectivity index (χ1) is 9.54. The minimum absolute atomic E-state index is 0.105. The molecule has 1 aliphatic carbocycles. The summed E-state index contributed by atoms with van der Waals surface area (Å²) < 4.78 is 4.86. The Labute approximate surface area is 123 Å². The predicted octanol–water partition coefficient (Wildman–Crippen LogP) is 2.51. The van der Waals surface area contributed by atoms with Crippen LogP contribution in [0.1, 0.15) is 31.7 Å². The van der Waals surface area contributed by atoms with Crippen LogP contribution in [0.15, 0.2) is 24.3 Å². The van der Waals surface area contributed by atoms with Crippen LogP contribution >= 0.6 is 11.6 Å². The maximum atomic E-state index is 12.1. The lowest BCUT2D eigenvalue weighted by atomic mass is 10.1. The van der Waals surface area contributed by atoms with E-state index in [4.69, 9.17) is 16.3 Å². The zero-order valence-corrected chi connectivity index (χ0v) is 12.3. The third-order valence-corrected chi connectivity index (χ3v) is 3.78. The number of esters is 1. The maximum absolute atomic E-state index is 12.1. The van der Waals surface area contributed by atoms with Gasteiger partial charge < -0.3 is 10.1 Å². The molecule has 1 aromatic rings. The van der Waals surface area contributed by atoms with Gasteiger partial charge in [0.1, 0.15) is 6.04 Å². The normalized spacial score (nSPS) is 21.9. The summed E-state index contributed by atoms with van der Waals surface area (Å²) in [4.78, 5) is 23.5. The van der Waals surface area contributed by atoms with Gasteiger partial charge in [-0.2, -0.15) is 0 Å². The molecule has 4 nitrogen and oxygen atoms in total. The summed E-state index contributed by atoms with van der Waals surface area (Å²) in [5, 5.41) is 3.38. The number of carbonyl (C=O) groups excluding carboxylic acids is 2. The number of halogens is 1. The van der Waals surface area contributed by atoms with E-state index < -0.39 is 12.0 Å². The number of carbonyl (C=O) groups is 2. The Morgan fingerprint density at radius 2 is 2.15 bits per heavy atom. The highest BCUT2D eigenvalue weighted by Gasteiger charge is 2.45. The summed E-state index contributed by atoms with van der Waals surface area (Å²) in [7, 11) is 0. The van der Waals surface area contributed by atoms with Crippen molar-refractivity contribution in [2.45, 2.75) is 32.2 Å². The Kier molecular flexibility index (Phi) is 4.65. The van der Waals surface area contributed by atoms with Gasteiger partial charge in [-0.1, -0.05) is 29.8 Å². The molecular formula is C15H18ClNO3. The van der Waals surface area contributed by atoms with Crippen LogP contribution in [0.2, 0.25) is 5.02 Å². The number of nitrogens with one attached hydrogen (secondary N) is 1. The van der Waals surface area contributed by atoms with E-state index in [1.165, 1.54) is 0 Å². The number of benzene rings is 1. The molecule has 0 aromatic heterocycles. The van der Waals surface area contributed by atoms with Crippen molar-refractivity contribution < 1.29 is 14.3 Å². The highest BCUT2D eigenvalue weighted by molar-refractivity contribution is 6.31. The molecule has 1 aliphatic rings. The standard InChI is InChI=1S/C15H18ClNO3/c1-3-20-15(19)9(2)17-14(18)12-8-11(12)10-6-4-5-7-13(10)16/h4-7,9,11-12H,3,8H2,1-2H3,(H,17,18). The summed E-state index contributed by atoms with van der Waals surface area (Å²) in [6, 6.07) is 6.93. The Hall–Kier alpha value is -1.55. The largest absolute Gasteiger partial charge is 0.464 e. The average molecular weight is 296 g/mol. The van der Waals surface area contributed by atoms with Gasteiger partial charge in [-0.15, -0.1) is 0 Å². The van der Waals surface area contributed by atoms with Gasteiger partial charge in [-0.05, 0) is 37.8 Å². The lowest BCUT2D eigenvalue weighted by Crippen LogP contribution is -2.40. The third kappa shape index (κ3) is 3.31. The second kappa shape index (κ2) is 6.27. The molecule has 0 bridgehead atoms. The van der Waals surface area contributed by atoms with Gasteiger partial charge in [0.25, 0.3) is 0 Å². The topological polar surface area (TPSA) is 55.4 Å². The van der Waals surface area contributed by atoms with Gasteiger partial charge >= 0.3 is 5.97 Å². The first-order valence-electron chi connectivity index (χ1n) is 6.76. The van der Waals surface area contributed by atoms with Crippen molar-refractivity contribution in [2.24, 2.45) is 5.92 Å². The van der Waals surface area contributed by atoms with E-state index in [9.17, 15) is 9.59 Å². The van der Waals surface area contributed by atoms with Gasteiger partial charge in [0.15, 0.2) is 0 Å². The number of rotatable bonds is 5. The van der Waals surface area contributed by atoms with Crippen LogP contribution in [0, 0.1) is 5.92 Å². The quantitative estimate of drug-likeness (QED) is 0.849. The first kappa shape index (κ1) is 14.9. The van der Waals surface area contributed by atoms with Crippen molar-refractivity contribution in [3.05, 3.63) is 34.9 Å². The monoisotopic (exact) mass is 295 g/mol. The van der Waals surface area contributed by atoms with Gasteiger partial charge in [0.2, 0.25) is 5.91 Å². The van der Waals surface area contributed by atoms with Crippen LogP contribution < -0.4 is 5.32 Å². The predicted molar refractivity (Wildman–Crippen MR) is 76.5 cm³/mol. The van der Waals surface area contributed by atoms with Gasteiger partial charge in [0.05, 0.1) is 6.61 Å². The fourth-order valence-electron chi connectivity index (χ4n) is 2.25. The molecule has 1 aromatic carbocycles. The highest BCUT2D eigenvalue weighted by Crippen LogP contribution is 2.49. The fourth-order valence-corrected chi connectivity index (χ4v) is 2.53. The van der Waals surface area contributed by atoms with E-state index in [1.807, 2.05) is 24.3 Å². The minimum atomic E-state index is -0.616. The molecule has 1 amide bonds. The number of ether oxygens (including phenoxy) is 1. The van der Waals surface area contributed by atoms with Crippen LogP contribution in [-0.4, -0.2) is 24.5 Å². The van der Waals surface area contributed by atoms with E-state index >= 15 is 0 Å². The lowest BCUT2D eigenvalue weighted by Gasteiger charge is -2.12. The molecule has 2 rings (SSSR count). The molecule has 1 saturated carbocycles. The molecule has 0 heterocycles. The molecule has 5 heteroatoms. The summed E-state index contributed by atoms with van der Waals surface area (Å²) in [5.41, 5.74) is 0.998. The summed E-state index contributed by atoms with van der Waals surface area (Å²) in [5.74, 6) is -0.476. The van der Waals surface area contributed by atoms with Crippen LogP contribution in [0.25, 0.3) is 0 Å². The lowest BCUT2D eigenvalue weighted by molar-refractivity contribution is -0.147. The Morgan fingerprint density at radius 1 is 1.45 bits per heavy atom. The minimum Gasteiger partial charge on any atom is -0.464 e. The van der Waals surface area contributed by atoms with Crippen molar-refractivity contribution in [1.29, 1.82) is 0 Å². The average Bonchev–Trinajstić information content (AvgIpc) is 3.19. The van der Waals surface area contributed by atoms with Crippen LogP contribution in [0.4, 0.5) is 0 Å². The number of hydrogen-bond donors (Lipinski definition) is 1. The molecule has 20 heavy (non-hydrogen) atoms. The highest BCUT2D eigenvalue weighted by atomic mass is 35.5. The Balaban J connectivity index is 1.90. The Morgan fingerprint density at radius 3 is 2.80 bits per heavy atom. The summed E-state index contributed by atoms with van der Waals surface area (Å²) in [6.07, 6.45) is 0.769. The molecule has 1 N–H and O–H groups in total.